The number of phenolic OH excluding ortho intramolecular Hbond substituents is 1. The molecule has 1 heterocycles. The van der Waals surface area contributed by atoms with Crippen molar-refractivity contribution in [3.05, 3.63) is 37.2 Å². The van der Waals surface area contributed by atoms with Crippen LogP contribution >= 0.6 is 39.9 Å². The maximum Gasteiger partial charge on any atom is 0.323 e. The Bertz CT molecular complexity index is 779. The third-order valence-electron chi connectivity index (χ3n) is 2.74. The number of nitro groups is 1. The molecule has 1 aromatic rings. The molecule has 0 saturated carbocycles. The van der Waals surface area contributed by atoms with Crippen LogP contribution in [0.3, 0.4) is 0 Å². The van der Waals surface area contributed by atoms with Crippen LogP contribution in [0.5, 0.6) is 5.75 Å². The molecule has 2 rings (SSSR count). The van der Waals surface area contributed by atoms with Crippen LogP contribution in [0.1, 0.15) is 5.56 Å². The third kappa shape index (κ3) is 3.68. The third-order valence-corrected chi connectivity index (χ3v) is 4.72. The van der Waals surface area contributed by atoms with Crippen LogP contribution < -0.4 is 0 Å². The Kier molecular flexibility index (Phi) is 5.02. The number of aliphatic carboxylic acids is 1. The van der Waals surface area contributed by atoms with Crippen LogP contribution in [-0.4, -0.2) is 42.8 Å². The van der Waals surface area contributed by atoms with E-state index in [1.165, 1.54) is 6.08 Å². The molecule has 120 valence electrons. The normalized spacial score (nSPS) is 16.2. The Morgan fingerprint density at radius 1 is 1.52 bits per heavy atom. The summed E-state index contributed by atoms with van der Waals surface area (Å²) in [6, 6.07) is 2.23. The van der Waals surface area contributed by atoms with Crippen LogP contribution in [0.15, 0.2) is 21.5 Å². The van der Waals surface area contributed by atoms with Crippen molar-refractivity contribution >= 4 is 67.9 Å². The lowest BCUT2D eigenvalue weighted by Crippen LogP contribution is -2.33. The number of carbonyl (C=O) groups excluding carboxylic acids is 1. The van der Waals surface area contributed by atoms with Gasteiger partial charge in [-0.05, 0) is 22.0 Å². The summed E-state index contributed by atoms with van der Waals surface area (Å²) in [7, 11) is 0. The number of hydrogen-bond acceptors (Lipinski definition) is 7. The second-order valence-corrected chi connectivity index (χ2v) is 6.81. The van der Waals surface area contributed by atoms with Gasteiger partial charge in [0.25, 0.3) is 11.6 Å². The second-order valence-electron chi connectivity index (χ2n) is 4.28. The molecule has 2 N–H and O–H groups in total. The first-order valence-electron chi connectivity index (χ1n) is 5.84. The van der Waals surface area contributed by atoms with Gasteiger partial charge in [-0.3, -0.25) is 24.6 Å². The van der Waals surface area contributed by atoms with Gasteiger partial charge in [-0.25, -0.2) is 0 Å². The number of non-ortho nitro benzene ring substituents is 1. The number of carboxylic acid groups (broad SMARTS) is 1. The monoisotopic (exact) mass is 418 g/mol. The minimum atomic E-state index is -1.22. The summed E-state index contributed by atoms with van der Waals surface area (Å²) in [4.78, 5) is 34.0. The zero-order valence-corrected chi connectivity index (χ0v) is 14.3. The highest BCUT2D eigenvalue weighted by Gasteiger charge is 2.33. The second kappa shape index (κ2) is 6.64. The molecule has 1 fully saturated rings. The van der Waals surface area contributed by atoms with Crippen molar-refractivity contribution in [1.82, 2.24) is 4.90 Å². The summed E-state index contributed by atoms with van der Waals surface area (Å²) >= 11 is 8.79. The molecule has 1 saturated heterocycles. The number of aromatic hydroxyl groups is 1. The zero-order chi connectivity index (χ0) is 17.3. The number of carbonyl (C=O) groups is 2. The number of thioether (sulfide) groups is 1. The molecule has 0 unspecified atom stereocenters. The van der Waals surface area contributed by atoms with E-state index in [0.717, 1.165) is 28.8 Å². The van der Waals surface area contributed by atoms with E-state index in [1.54, 1.807) is 0 Å². The average Bonchev–Trinajstić information content (AvgIpc) is 2.70. The quantitative estimate of drug-likeness (QED) is 0.330. The molecule has 23 heavy (non-hydrogen) atoms. The molecular formula is C12H7BrN2O6S2. The molecule has 8 nitrogen and oxygen atoms in total. The van der Waals surface area contributed by atoms with Crippen molar-refractivity contribution in [3.63, 3.8) is 0 Å². The van der Waals surface area contributed by atoms with E-state index >= 15 is 0 Å². The van der Waals surface area contributed by atoms with E-state index in [9.17, 15) is 24.8 Å². The van der Waals surface area contributed by atoms with E-state index in [1.807, 2.05) is 0 Å². The first-order chi connectivity index (χ1) is 10.7. The van der Waals surface area contributed by atoms with Crippen LogP contribution in [0.2, 0.25) is 0 Å². The molecule has 11 heteroatoms. The van der Waals surface area contributed by atoms with Gasteiger partial charge >= 0.3 is 5.97 Å². The van der Waals surface area contributed by atoms with Crippen LogP contribution in [0, 0.1) is 10.1 Å². The Hall–Kier alpha value is -1.98. The maximum absolute atomic E-state index is 12.1. The van der Waals surface area contributed by atoms with Crippen molar-refractivity contribution in [2.75, 3.05) is 6.54 Å². The summed E-state index contributed by atoms with van der Waals surface area (Å²) in [5, 5.41) is 29.6. The first-order valence-corrected chi connectivity index (χ1v) is 7.86. The van der Waals surface area contributed by atoms with Crippen molar-refractivity contribution in [1.29, 1.82) is 0 Å². The molecule has 1 amide bonds. The number of carboxylic acids is 1. The van der Waals surface area contributed by atoms with Gasteiger partial charge < -0.3 is 10.2 Å². The maximum atomic E-state index is 12.1. The molecule has 0 bridgehead atoms. The standard InChI is InChI=1S/C12H7BrN2O6S2/c13-7-3-6(15(20)21)1-5(10(7)18)2-8-11(19)14(4-9(16)17)12(22)23-8/h1-3,18H,4H2,(H,16,17)/b8-2-. The van der Waals surface area contributed by atoms with Crippen molar-refractivity contribution < 1.29 is 24.7 Å². The number of benzene rings is 1. The zero-order valence-electron chi connectivity index (χ0n) is 11.1. The van der Waals surface area contributed by atoms with Gasteiger partial charge in [-0.2, -0.15) is 0 Å². The number of hydrogen-bond donors (Lipinski definition) is 2. The Labute approximate surface area is 147 Å². The highest BCUT2D eigenvalue weighted by Crippen LogP contribution is 2.38. The Morgan fingerprint density at radius 3 is 2.74 bits per heavy atom. The van der Waals surface area contributed by atoms with Crippen molar-refractivity contribution in [2.24, 2.45) is 0 Å². The van der Waals surface area contributed by atoms with Crippen molar-refractivity contribution in [2.45, 2.75) is 0 Å². The fourth-order valence-electron chi connectivity index (χ4n) is 1.73. The number of nitro benzene ring substituents is 1. The van der Waals surface area contributed by atoms with Gasteiger partial charge in [0.05, 0.1) is 14.3 Å². The van der Waals surface area contributed by atoms with Crippen LogP contribution in [-0.2, 0) is 9.59 Å². The molecule has 1 aromatic carbocycles. The number of phenols is 1. The molecule has 0 aliphatic carbocycles. The van der Waals surface area contributed by atoms with Gasteiger partial charge in [-0.1, -0.05) is 24.0 Å². The summed E-state index contributed by atoms with van der Waals surface area (Å²) in [6.45, 7) is -0.577. The molecule has 0 spiro atoms. The summed E-state index contributed by atoms with van der Waals surface area (Å²) in [6.07, 6.45) is 1.23. The van der Waals surface area contributed by atoms with E-state index in [-0.39, 0.29) is 30.7 Å². The topological polar surface area (TPSA) is 121 Å². The minimum absolute atomic E-state index is 0.0434. The fraction of sp³-hybridized carbons (Fsp3) is 0.0833. The van der Waals surface area contributed by atoms with E-state index in [4.69, 9.17) is 17.3 Å². The number of amides is 1. The van der Waals surface area contributed by atoms with Crippen LogP contribution in [0.4, 0.5) is 5.69 Å². The fourth-order valence-corrected chi connectivity index (χ4v) is 3.44. The molecule has 0 atom stereocenters. The SMILES string of the molecule is O=C(O)CN1C(=O)/C(=C/c2cc([N+](=O)[O-])cc(Br)c2O)SC1=S. The van der Waals surface area contributed by atoms with E-state index in [0.29, 0.717) is 0 Å². The highest BCUT2D eigenvalue weighted by molar-refractivity contribution is 9.10. The Morgan fingerprint density at radius 2 is 2.17 bits per heavy atom. The molecule has 1 aliphatic rings. The summed E-state index contributed by atoms with van der Waals surface area (Å²) in [5.41, 5.74) is -0.233. The molecule has 0 aromatic heterocycles. The first kappa shape index (κ1) is 17.4. The molecule has 0 radical (unpaired) electrons. The Balaban J connectivity index is 2.43. The predicted octanol–water partition coefficient (Wildman–Crippen LogP) is 2.35. The number of halogens is 1. The lowest BCUT2D eigenvalue weighted by Gasteiger charge is -2.10. The summed E-state index contributed by atoms with van der Waals surface area (Å²) < 4.78 is 0.159. The highest BCUT2D eigenvalue weighted by atomic mass is 79.9. The van der Waals surface area contributed by atoms with E-state index < -0.39 is 23.3 Å². The van der Waals surface area contributed by atoms with Crippen LogP contribution in [0.25, 0.3) is 6.08 Å². The number of thiocarbonyl (C=S) groups is 1. The largest absolute Gasteiger partial charge is 0.506 e. The van der Waals surface area contributed by atoms with Crippen molar-refractivity contribution in [3.8, 4) is 5.75 Å². The number of rotatable bonds is 4. The van der Waals surface area contributed by atoms with Gasteiger partial charge in [0.1, 0.15) is 16.6 Å². The van der Waals surface area contributed by atoms with Gasteiger partial charge in [0.2, 0.25) is 0 Å². The molecular weight excluding hydrogens is 412 g/mol. The average molecular weight is 419 g/mol. The summed E-state index contributed by atoms with van der Waals surface area (Å²) in [5.74, 6) is -2.13. The molecule has 1 aliphatic heterocycles. The van der Waals surface area contributed by atoms with Gasteiger partial charge in [-0.15, -0.1) is 0 Å². The smallest absolute Gasteiger partial charge is 0.323 e. The van der Waals surface area contributed by atoms with Gasteiger partial charge in [0.15, 0.2) is 0 Å². The van der Waals surface area contributed by atoms with Gasteiger partial charge in [0, 0.05) is 17.7 Å². The number of nitrogens with zero attached hydrogens (tertiary/aromatic N) is 2. The lowest BCUT2D eigenvalue weighted by atomic mass is 10.1. The lowest BCUT2D eigenvalue weighted by molar-refractivity contribution is -0.385. The van der Waals surface area contributed by atoms with E-state index in [2.05, 4.69) is 15.9 Å². The minimum Gasteiger partial charge on any atom is -0.506 e. The predicted molar refractivity (Wildman–Crippen MR) is 90.0 cm³/mol.